The zero-order valence-electron chi connectivity index (χ0n) is 14.0. The highest BCUT2D eigenvalue weighted by Crippen LogP contribution is 2.34. The van der Waals surface area contributed by atoms with Crippen LogP contribution in [0.25, 0.3) is 0 Å². The SMILES string of the molecule is CCN(CC)c1ccc(NC2CCCC2C2CCCN2)cn1. The lowest BCUT2D eigenvalue weighted by atomic mass is 9.93. The number of nitrogens with one attached hydrogen (secondary N) is 2. The molecule has 0 aromatic carbocycles. The van der Waals surface area contributed by atoms with E-state index in [4.69, 9.17) is 0 Å². The highest BCUT2D eigenvalue weighted by Gasteiger charge is 2.34. The van der Waals surface area contributed by atoms with Crippen molar-refractivity contribution in [2.75, 3.05) is 29.9 Å². The van der Waals surface area contributed by atoms with E-state index in [1.807, 2.05) is 6.20 Å². The van der Waals surface area contributed by atoms with Gasteiger partial charge in [0.15, 0.2) is 0 Å². The molecule has 2 N–H and O–H groups in total. The fourth-order valence-corrected chi connectivity index (χ4v) is 4.15. The maximum Gasteiger partial charge on any atom is 0.128 e. The first-order valence-corrected chi connectivity index (χ1v) is 9.02. The minimum Gasteiger partial charge on any atom is -0.381 e. The summed E-state index contributed by atoms with van der Waals surface area (Å²) in [5.41, 5.74) is 1.17. The molecule has 1 aromatic rings. The van der Waals surface area contributed by atoms with Crippen LogP contribution in [0.4, 0.5) is 11.5 Å². The largest absolute Gasteiger partial charge is 0.381 e. The summed E-state index contributed by atoms with van der Waals surface area (Å²) in [6.45, 7) is 7.57. The summed E-state index contributed by atoms with van der Waals surface area (Å²) in [7, 11) is 0. The van der Waals surface area contributed by atoms with E-state index in [9.17, 15) is 0 Å². The molecule has 1 saturated heterocycles. The van der Waals surface area contributed by atoms with Gasteiger partial charge in [0.05, 0.1) is 11.9 Å². The minimum atomic E-state index is 0.608. The van der Waals surface area contributed by atoms with E-state index in [0.29, 0.717) is 6.04 Å². The van der Waals surface area contributed by atoms with Crippen LogP contribution in [0.1, 0.15) is 46.0 Å². The molecule has 1 saturated carbocycles. The molecule has 0 spiro atoms. The van der Waals surface area contributed by atoms with Crippen LogP contribution in [0.15, 0.2) is 18.3 Å². The zero-order chi connectivity index (χ0) is 15.4. The standard InChI is InChI=1S/C18H30N4/c1-3-22(4-2)18-11-10-14(13-20-18)21-17-8-5-7-15(17)16-9-6-12-19-16/h10-11,13,15-17,19,21H,3-9,12H2,1-2H3. The van der Waals surface area contributed by atoms with E-state index in [2.05, 4.69) is 46.5 Å². The molecule has 22 heavy (non-hydrogen) atoms. The van der Waals surface area contributed by atoms with Gasteiger partial charge in [0, 0.05) is 25.2 Å². The Kier molecular flexibility index (Phi) is 5.19. The van der Waals surface area contributed by atoms with Gasteiger partial charge in [-0.1, -0.05) is 6.42 Å². The van der Waals surface area contributed by atoms with Gasteiger partial charge < -0.3 is 15.5 Å². The van der Waals surface area contributed by atoms with Gasteiger partial charge in [-0.2, -0.15) is 0 Å². The van der Waals surface area contributed by atoms with Crippen molar-refractivity contribution < 1.29 is 0 Å². The molecule has 0 bridgehead atoms. The molecule has 3 unspecified atom stereocenters. The molecule has 2 heterocycles. The van der Waals surface area contributed by atoms with E-state index in [1.54, 1.807) is 0 Å². The summed E-state index contributed by atoms with van der Waals surface area (Å²) in [5.74, 6) is 1.86. The molecule has 4 heteroatoms. The predicted molar refractivity (Wildman–Crippen MR) is 93.6 cm³/mol. The fraction of sp³-hybridized carbons (Fsp3) is 0.722. The first-order chi connectivity index (χ1) is 10.8. The molecular weight excluding hydrogens is 272 g/mol. The molecule has 3 atom stereocenters. The predicted octanol–water partition coefficient (Wildman–Crippen LogP) is 3.26. The Morgan fingerprint density at radius 2 is 2.05 bits per heavy atom. The maximum atomic E-state index is 4.63. The van der Waals surface area contributed by atoms with Gasteiger partial charge in [-0.3, -0.25) is 0 Å². The molecule has 4 nitrogen and oxygen atoms in total. The van der Waals surface area contributed by atoms with Crippen LogP contribution in [0.5, 0.6) is 0 Å². The Balaban J connectivity index is 1.62. The lowest BCUT2D eigenvalue weighted by Crippen LogP contribution is -2.38. The zero-order valence-corrected chi connectivity index (χ0v) is 14.0. The van der Waals surface area contributed by atoms with Crippen LogP contribution < -0.4 is 15.5 Å². The first-order valence-electron chi connectivity index (χ1n) is 9.02. The van der Waals surface area contributed by atoms with Crippen molar-refractivity contribution in [1.82, 2.24) is 10.3 Å². The maximum absolute atomic E-state index is 4.63. The molecule has 1 aliphatic heterocycles. The van der Waals surface area contributed by atoms with E-state index in [1.165, 1.54) is 44.3 Å². The molecular formula is C18H30N4. The van der Waals surface area contributed by atoms with Crippen LogP contribution in [-0.4, -0.2) is 36.7 Å². The Labute approximate surface area is 134 Å². The van der Waals surface area contributed by atoms with Crippen molar-refractivity contribution in [2.24, 2.45) is 5.92 Å². The third-order valence-electron chi connectivity index (χ3n) is 5.37. The number of aromatic nitrogens is 1. The van der Waals surface area contributed by atoms with Gasteiger partial charge in [0.25, 0.3) is 0 Å². The van der Waals surface area contributed by atoms with Crippen molar-refractivity contribution >= 4 is 11.5 Å². The van der Waals surface area contributed by atoms with E-state index in [-0.39, 0.29) is 0 Å². The van der Waals surface area contributed by atoms with E-state index >= 15 is 0 Å². The average molecular weight is 302 g/mol. The summed E-state index contributed by atoms with van der Waals surface area (Å²) in [6.07, 6.45) is 8.70. The lowest BCUT2D eigenvalue weighted by molar-refractivity contribution is 0.376. The van der Waals surface area contributed by atoms with Gasteiger partial charge in [0.2, 0.25) is 0 Å². The molecule has 3 rings (SSSR count). The van der Waals surface area contributed by atoms with Crippen LogP contribution in [0.3, 0.4) is 0 Å². The topological polar surface area (TPSA) is 40.2 Å². The summed E-state index contributed by atoms with van der Waals surface area (Å²) in [5, 5.41) is 7.44. The quantitative estimate of drug-likeness (QED) is 0.846. The van der Waals surface area contributed by atoms with Gasteiger partial charge in [-0.15, -0.1) is 0 Å². The second-order valence-electron chi connectivity index (χ2n) is 6.63. The normalized spacial score (nSPS) is 28.0. The molecule has 2 fully saturated rings. The Morgan fingerprint density at radius 1 is 1.18 bits per heavy atom. The van der Waals surface area contributed by atoms with Crippen LogP contribution in [0.2, 0.25) is 0 Å². The first kappa shape index (κ1) is 15.6. The van der Waals surface area contributed by atoms with Crippen LogP contribution >= 0.6 is 0 Å². The molecule has 2 aliphatic rings. The van der Waals surface area contributed by atoms with Gasteiger partial charge in [0.1, 0.15) is 5.82 Å². The lowest BCUT2D eigenvalue weighted by Gasteiger charge is -2.27. The number of hydrogen-bond acceptors (Lipinski definition) is 4. The van der Waals surface area contributed by atoms with Crippen LogP contribution in [-0.2, 0) is 0 Å². The monoisotopic (exact) mass is 302 g/mol. The van der Waals surface area contributed by atoms with Crippen molar-refractivity contribution in [1.29, 1.82) is 0 Å². The highest BCUT2D eigenvalue weighted by molar-refractivity contribution is 5.49. The second-order valence-corrected chi connectivity index (χ2v) is 6.63. The van der Waals surface area contributed by atoms with Crippen LogP contribution in [0, 0.1) is 5.92 Å². The fourth-order valence-electron chi connectivity index (χ4n) is 4.15. The molecule has 1 aromatic heterocycles. The van der Waals surface area contributed by atoms with Gasteiger partial charge in [-0.25, -0.2) is 4.98 Å². The van der Waals surface area contributed by atoms with E-state index in [0.717, 1.165) is 30.9 Å². The second kappa shape index (κ2) is 7.32. The van der Waals surface area contributed by atoms with Crippen molar-refractivity contribution in [2.45, 2.75) is 58.0 Å². The highest BCUT2D eigenvalue weighted by atomic mass is 15.2. The Morgan fingerprint density at radius 3 is 2.68 bits per heavy atom. The number of nitrogens with zero attached hydrogens (tertiary/aromatic N) is 2. The third kappa shape index (κ3) is 3.37. The summed E-state index contributed by atoms with van der Waals surface area (Å²) < 4.78 is 0. The number of anilines is 2. The number of pyridine rings is 1. The van der Waals surface area contributed by atoms with E-state index < -0.39 is 0 Å². The van der Waals surface area contributed by atoms with Crippen molar-refractivity contribution in [3.05, 3.63) is 18.3 Å². The Bertz CT molecular complexity index is 449. The molecule has 0 amide bonds. The number of hydrogen-bond donors (Lipinski definition) is 2. The molecule has 1 aliphatic carbocycles. The summed E-state index contributed by atoms with van der Waals surface area (Å²) in [4.78, 5) is 6.92. The molecule has 0 radical (unpaired) electrons. The molecule has 122 valence electrons. The smallest absolute Gasteiger partial charge is 0.128 e. The minimum absolute atomic E-state index is 0.608. The number of rotatable bonds is 6. The van der Waals surface area contributed by atoms with Crippen molar-refractivity contribution in [3.63, 3.8) is 0 Å². The summed E-state index contributed by atoms with van der Waals surface area (Å²) in [6, 6.07) is 5.67. The van der Waals surface area contributed by atoms with Crippen molar-refractivity contribution in [3.8, 4) is 0 Å². The summed E-state index contributed by atoms with van der Waals surface area (Å²) >= 11 is 0. The average Bonchev–Trinajstić information content (AvgIpc) is 3.21. The van der Waals surface area contributed by atoms with Gasteiger partial charge in [-0.05, 0) is 64.1 Å². The van der Waals surface area contributed by atoms with Gasteiger partial charge >= 0.3 is 0 Å². The Hall–Kier alpha value is -1.29. The third-order valence-corrected chi connectivity index (χ3v) is 5.37.